The Kier molecular flexibility index (Phi) is 7.00. The molecule has 21 heavy (non-hydrogen) atoms. The van der Waals surface area contributed by atoms with Gasteiger partial charge in [-0.1, -0.05) is 6.07 Å². The van der Waals surface area contributed by atoms with Crippen molar-refractivity contribution in [3.8, 4) is 0 Å². The van der Waals surface area contributed by atoms with E-state index in [1.165, 1.54) is 0 Å². The molecule has 0 radical (unpaired) electrons. The number of nitro benzene ring substituents is 1. The van der Waals surface area contributed by atoms with Gasteiger partial charge in [0.05, 0.1) is 11.5 Å². The Morgan fingerprint density at radius 3 is 2.52 bits per heavy atom. The third kappa shape index (κ3) is 5.29. The standard InChI is InChI=1S/C14H21N3O4/c1-3-15-11-7-5-8-12(14(11)17(19)20)16-10-6-9-13(18)21-4-2/h5,7-8,15-16H,3-4,6,9-10H2,1-2H3. The maximum absolute atomic E-state index is 11.2. The highest BCUT2D eigenvalue weighted by atomic mass is 16.6. The molecule has 7 nitrogen and oxygen atoms in total. The number of esters is 1. The Hall–Kier alpha value is -2.31. The molecule has 0 atom stereocenters. The van der Waals surface area contributed by atoms with Crippen LogP contribution in [0, 0.1) is 10.1 Å². The third-order valence-corrected chi connectivity index (χ3v) is 2.76. The predicted octanol–water partition coefficient (Wildman–Crippen LogP) is 2.78. The smallest absolute Gasteiger partial charge is 0.315 e. The lowest BCUT2D eigenvalue weighted by molar-refractivity contribution is -0.383. The summed E-state index contributed by atoms with van der Waals surface area (Å²) in [5.41, 5.74) is 0.954. The van der Waals surface area contributed by atoms with Crippen LogP contribution in [0.2, 0.25) is 0 Å². The van der Waals surface area contributed by atoms with Crippen molar-refractivity contribution in [2.24, 2.45) is 0 Å². The summed E-state index contributed by atoms with van der Waals surface area (Å²) in [5, 5.41) is 17.2. The van der Waals surface area contributed by atoms with Crippen LogP contribution in [0.3, 0.4) is 0 Å². The van der Waals surface area contributed by atoms with Crippen LogP contribution in [-0.4, -0.2) is 30.6 Å². The highest BCUT2D eigenvalue weighted by Crippen LogP contribution is 2.32. The number of nitrogens with one attached hydrogen (secondary N) is 2. The molecule has 1 aromatic rings. The van der Waals surface area contributed by atoms with Gasteiger partial charge in [-0.2, -0.15) is 0 Å². The summed E-state index contributed by atoms with van der Waals surface area (Å²) in [4.78, 5) is 22.0. The summed E-state index contributed by atoms with van der Waals surface area (Å²) in [6.07, 6.45) is 0.850. The average Bonchev–Trinajstić information content (AvgIpc) is 2.44. The number of carbonyl (C=O) groups is 1. The van der Waals surface area contributed by atoms with Crippen LogP contribution in [0.4, 0.5) is 17.1 Å². The summed E-state index contributed by atoms with van der Waals surface area (Å²) in [5.74, 6) is -0.254. The van der Waals surface area contributed by atoms with E-state index in [9.17, 15) is 14.9 Å². The van der Waals surface area contributed by atoms with E-state index in [2.05, 4.69) is 10.6 Å². The molecule has 0 saturated heterocycles. The van der Waals surface area contributed by atoms with Gasteiger partial charge in [0.2, 0.25) is 0 Å². The topological polar surface area (TPSA) is 93.5 Å². The molecular weight excluding hydrogens is 274 g/mol. The van der Waals surface area contributed by atoms with Crippen molar-refractivity contribution >= 4 is 23.0 Å². The SMILES string of the molecule is CCNc1cccc(NCCCC(=O)OCC)c1[N+](=O)[O-]. The number of hydrogen-bond donors (Lipinski definition) is 2. The van der Waals surface area contributed by atoms with Crippen LogP contribution in [0.5, 0.6) is 0 Å². The number of para-hydroxylation sites is 1. The number of nitrogens with zero attached hydrogens (tertiary/aromatic N) is 1. The van der Waals surface area contributed by atoms with Crippen LogP contribution >= 0.6 is 0 Å². The number of rotatable bonds is 9. The van der Waals surface area contributed by atoms with Crippen LogP contribution in [-0.2, 0) is 9.53 Å². The van der Waals surface area contributed by atoms with E-state index in [-0.39, 0.29) is 11.7 Å². The van der Waals surface area contributed by atoms with E-state index >= 15 is 0 Å². The number of anilines is 2. The van der Waals surface area contributed by atoms with Crippen LogP contribution in [0.1, 0.15) is 26.7 Å². The molecule has 0 amide bonds. The summed E-state index contributed by atoms with van der Waals surface area (Å²) in [7, 11) is 0. The van der Waals surface area contributed by atoms with E-state index in [1.54, 1.807) is 25.1 Å². The second-order valence-corrected chi connectivity index (χ2v) is 4.32. The summed E-state index contributed by atoms with van der Waals surface area (Å²) < 4.78 is 4.82. The molecule has 2 N–H and O–H groups in total. The molecule has 0 heterocycles. The first-order valence-corrected chi connectivity index (χ1v) is 7.00. The largest absolute Gasteiger partial charge is 0.466 e. The fourth-order valence-electron chi connectivity index (χ4n) is 1.90. The Bertz CT molecular complexity index is 491. The van der Waals surface area contributed by atoms with E-state index < -0.39 is 4.92 Å². The highest BCUT2D eigenvalue weighted by Gasteiger charge is 2.18. The lowest BCUT2D eigenvalue weighted by atomic mass is 10.2. The Labute approximate surface area is 123 Å². The van der Waals surface area contributed by atoms with Crippen LogP contribution in [0.25, 0.3) is 0 Å². The summed E-state index contributed by atoms with van der Waals surface area (Å²) >= 11 is 0. The normalized spacial score (nSPS) is 10.0. The molecule has 0 spiro atoms. The maximum Gasteiger partial charge on any atom is 0.315 e. The zero-order valence-corrected chi connectivity index (χ0v) is 12.3. The van der Waals surface area contributed by atoms with Crippen molar-refractivity contribution in [3.63, 3.8) is 0 Å². The van der Waals surface area contributed by atoms with Crippen LogP contribution < -0.4 is 10.6 Å². The zero-order valence-electron chi connectivity index (χ0n) is 12.3. The first-order chi connectivity index (χ1) is 10.1. The van der Waals surface area contributed by atoms with Gasteiger partial charge in [0.25, 0.3) is 0 Å². The van der Waals surface area contributed by atoms with Gasteiger partial charge in [0, 0.05) is 19.5 Å². The van der Waals surface area contributed by atoms with E-state index in [0.717, 1.165) is 0 Å². The van der Waals surface area contributed by atoms with E-state index in [0.29, 0.717) is 43.9 Å². The van der Waals surface area contributed by atoms with Crippen molar-refractivity contribution in [2.45, 2.75) is 26.7 Å². The zero-order chi connectivity index (χ0) is 15.7. The molecule has 0 aliphatic carbocycles. The van der Waals surface area contributed by atoms with Gasteiger partial charge in [0.1, 0.15) is 11.4 Å². The van der Waals surface area contributed by atoms with Gasteiger partial charge in [-0.15, -0.1) is 0 Å². The minimum atomic E-state index is -0.411. The number of nitro groups is 1. The lowest BCUT2D eigenvalue weighted by Crippen LogP contribution is -2.10. The quantitative estimate of drug-likeness (QED) is 0.315. The van der Waals surface area contributed by atoms with Crippen molar-refractivity contribution in [1.82, 2.24) is 0 Å². The second kappa shape index (κ2) is 8.78. The summed E-state index contributed by atoms with van der Waals surface area (Å²) in [6.45, 7) is 5.07. The molecule has 0 fully saturated rings. The Balaban J connectivity index is 2.64. The molecule has 0 bridgehead atoms. The molecule has 7 heteroatoms. The molecule has 116 valence electrons. The second-order valence-electron chi connectivity index (χ2n) is 4.32. The van der Waals surface area contributed by atoms with Crippen molar-refractivity contribution < 1.29 is 14.5 Å². The van der Waals surface area contributed by atoms with Gasteiger partial charge < -0.3 is 15.4 Å². The van der Waals surface area contributed by atoms with E-state index in [4.69, 9.17) is 4.74 Å². The van der Waals surface area contributed by atoms with E-state index in [1.807, 2.05) is 6.92 Å². The predicted molar refractivity (Wildman–Crippen MR) is 81.6 cm³/mol. The van der Waals surface area contributed by atoms with Crippen molar-refractivity contribution in [2.75, 3.05) is 30.3 Å². The summed E-state index contributed by atoms with van der Waals surface area (Å²) in [6, 6.07) is 5.08. The fourth-order valence-corrected chi connectivity index (χ4v) is 1.90. The van der Waals surface area contributed by atoms with Gasteiger partial charge in [-0.25, -0.2) is 0 Å². The Morgan fingerprint density at radius 1 is 1.29 bits per heavy atom. The first-order valence-electron chi connectivity index (χ1n) is 7.00. The van der Waals surface area contributed by atoms with Gasteiger partial charge >= 0.3 is 11.7 Å². The minimum absolute atomic E-state index is 0.0236. The molecule has 1 aromatic carbocycles. The van der Waals surface area contributed by atoms with Gasteiger partial charge in [-0.05, 0) is 32.4 Å². The maximum atomic E-state index is 11.2. The average molecular weight is 295 g/mol. The van der Waals surface area contributed by atoms with Crippen molar-refractivity contribution in [3.05, 3.63) is 28.3 Å². The third-order valence-electron chi connectivity index (χ3n) is 2.76. The highest BCUT2D eigenvalue weighted by molar-refractivity contribution is 5.76. The number of ether oxygens (including phenoxy) is 1. The monoisotopic (exact) mass is 295 g/mol. The first kappa shape index (κ1) is 16.7. The molecular formula is C14H21N3O4. The van der Waals surface area contributed by atoms with Crippen molar-refractivity contribution in [1.29, 1.82) is 0 Å². The minimum Gasteiger partial charge on any atom is -0.466 e. The number of benzene rings is 1. The molecule has 0 unspecified atom stereocenters. The molecule has 0 aliphatic heterocycles. The molecule has 0 aliphatic rings. The van der Waals surface area contributed by atoms with Gasteiger partial charge in [-0.3, -0.25) is 14.9 Å². The molecule has 0 aromatic heterocycles. The van der Waals surface area contributed by atoms with Crippen LogP contribution in [0.15, 0.2) is 18.2 Å². The molecule has 0 saturated carbocycles. The molecule has 1 rings (SSSR count). The number of hydrogen-bond acceptors (Lipinski definition) is 6. The lowest BCUT2D eigenvalue weighted by Gasteiger charge is -2.10. The fraction of sp³-hybridized carbons (Fsp3) is 0.500. The Morgan fingerprint density at radius 2 is 1.95 bits per heavy atom. The van der Waals surface area contributed by atoms with Gasteiger partial charge in [0.15, 0.2) is 0 Å². The number of carbonyl (C=O) groups excluding carboxylic acids is 1.